The normalized spacial score (nSPS) is 32.2. The molecule has 1 aromatic rings. The van der Waals surface area contributed by atoms with Gasteiger partial charge in [0.2, 0.25) is 0 Å². The molecule has 5 atom stereocenters. The van der Waals surface area contributed by atoms with E-state index in [1.54, 1.807) is 27.7 Å². The highest BCUT2D eigenvalue weighted by molar-refractivity contribution is 5.84. The van der Waals surface area contributed by atoms with Crippen LogP contribution in [0.4, 0.5) is 10.1 Å². The first-order chi connectivity index (χ1) is 13.4. The van der Waals surface area contributed by atoms with E-state index in [-0.39, 0.29) is 11.3 Å². The second kappa shape index (κ2) is 7.70. The molecule has 2 rings (SSSR count). The number of alkyl halides is 1. The molecule has 5 unspecified atom stereocenters. The summed E-state index contributed by atoms with van der Waals surface area (Å²) in [5.41, 5.74) is -3.01. The molecule has 1 fully saturated rings. The van der Waals surface area contributed by atoms with Crippen molar-refractivity contribution >= 4 is 17.6 Å². The molecule has 1 aromatic carbocycles. The number of nitrogens with one attached hydrogen (secondary N) is 1. The monoisotopic (exact) mass is 410 g/mol. The van der Waals surface area contributed by atoms with Crippen LogP contribution in [-0.4, -0.2) is 45.8 Å². The zero-order chi connectivity index (χ0) is 22.3. The summed E-state index contributed by atoms with van der Waals surface area (Å²) < 4.78 is 14.0. The molecule has 0 amide bonds. The van der Waals surface area contributed by atoms with Gasteiger partial charge in [-0.15, -0.1) is 0 Å². The topological polar surface area (TPSA) is 130 Å². The van der Waals surface area contributed by atoms with Crippen molar-refractivity contribution in [1.29, 1.82) is 0 Å². The van der Waals surface area contributed by atoms with Crippen LogP contribution in [0.2, 0.25) is 0 Å². The molecule has 1 aliphatic rings. The van der Waals surface area contributed by atoms with Gasteiger partial charge in [0.05, 0.1) is 21.8 Å². The van der Waals surface area contributed by atoms with E-state index in [1.807, 2.05) is 0 Å². The highest BCUT2D eigenvalue weighted by Crippen LogP contribution is 2.59. The maximum atomic E-state index is 14.0. The Morgan fingerprint density at radius 1 is 1.31 bits per heavy atom. The van der Waals surface area contributed by atoms with E-state index in [4.69, 9.17) is 0 Å². The summed E-state index contributed by atoms with van der Waals surface area (Å²) in [5.74, 6) is -4.35. The first-order valence-electron chi connectivity index (χ1n) is 9.40. The van der Waals surface area contributed by atoms with E-state index in [0.717, 1.165) is 0 Å². The molecule has 3 N–H and O–H groups in total. The molecule has 29 heavy (non-hydrogen) atoms. The Bertz CT molecular complexity index is 844. The summed E-state index contributed by atoms with van der Waals surface area (Å²) in [6, 6.07) is 2.04. The van der Waals surface area contributed by atoms with E-state index >= 15 is 0 Å². The number of nitro groups is 1. The fourth-order valence-corrected chi connectivity index (χ4v) is 5.06. The van der Waals surface area contributed by atoms with Gasteiger partial charge in [-0.05, 0) is 37.8 Å². The van der Waals surface area contributed by atoms with Crippen LogP contribution in [-0.2, 0) is 9.59 Å². The molecule has 0 spiro atoms. The summed E-state index contributed by atoms with van der Waals surface area (Å²) in [6.07, 6.45) is 0. The van der Waals surface area contributed by atoms with E-state index in [2.05, 4.69) is 5.32 Å². The van der Waals surface area contributed by atoms with Crippen LogP contribution in [0.1, 0.15) is 44.7 Å². The number of non-ortho nitro benzene ring substituents is 1. The van der Waals surface area contributed by atoms with E-state index in [9.17, 15) is 34.3 Å². The van der Waals surface area contributed by atoms with Gasteiger partial charge < -0.3 is 15.5 Å². The Labute approximate surface area is 168 Å². The fraction of sp³-hybridized carbons (Fsp3) is 0.600. The van der Waals surface area contributed by atoms with Gasteiger partial charge in [-0.25, -0.2) is 4.39 Å². The first-order valence-corrected chi connectivity index (χ1v) is 9.40. The molecule has 1 saturated heterocycles. The zero-order valence-electron chi connectivity index (χ0n) is 17.1. The van der Waals surface area contributed by atoms with E-state index < -0.39 is 58.3 Å². The third-order valence-electron chi connectivity index (χ3n) is 6.69. The van der Waals surface area contributed by atoms with Crippen LogP contribution in [0.3, 0.4) is 0 Å². The van der Waals surface area contributed by atoms with Crippen LogP contribution in [0.15, 0.2) is 18.2 Å². The maximum Gasteiger partial charge on any atom is 0.312 e. The van der Waals surface area contributed by atoms with Gasteiger partial charge in [0.15, 0.2) is 0 Å². The number of carboxylic acid groups (broad SMARTS) is 2. The number of aliphatic carboxylic acids is 2. The SMILES string of the molecule is Cc1ccc([N+](=O)[O-])cc1C1C(C)(C(=O)O)C(CF)NC(C)C1(C(=O)O)C(C)C. The lowest BCUT2D eigenvalue weighted by molar-refractivity contribution is -0.385. The molecule has 0 radical (unpaired) electrons. The average Bonchev–Trinajstić information content (AvgIpc) is 2.62. The molecule has 1 aliphatic heterocycles. The number of hydrogen-bond acceptors (Lipinski definition) is 5. The lowest BCUT2D eigenvalue weighted by Crippen LogP contribution is -2.71. The van der Waals surface area contributed by atoms with Crippen LogP contribution >= 0.6 is 0 Å². The van der Waals surface area contributed by atoms with Gasteiger partial charge in [-0.3, -0.25) is 19.7 Å². The van der Waals surface area contributed by atoms with Gasteiger partial charge in [-0.2, -0.15) is 0 Å². The smallest absolute Gasteiger partial charge is 0.312 e. The summed E-state index contributed by atoms with van der Waals surface area (Å²) in [7, 11) is 0. The van der Waals surface area contributed by atoms with Gasteiger partial charge in [0.1, 0.15) is 6.67 Å². The number of benzene rings is 1. The number of hydrogen-bond donors (Lipinski definition) is 3. The van der Waals surface area contributed by atoms with E-state index in [1.165, 1.54) is 25.1 Å². The molecule has 0 aliphatic carbocycles. The number of halogens is 1. The third kappa shape index (κ3) is 3.17. The molecule has 1 heterocycles. The summed E-state index contributed by atoms with van der Waals surface area (Å²) in [5, 5.41) is 34.7. The van der Waals surface area contributed by atoms with Crippen LogP contribution in [0.5, 0.6) is 0 Å². The minimum absolute atomic E-state index is 0.243. The summed E-state index contributed by atoms with van der Waals surface area (Å²) >= 11 is 0. The third-order valence-corrected chi connectivity index (χ3v) is 6.69. The molecular weight excluding hydrogens is 383 g/mol. The standard InChI is InChI=1S/C20H27FN2O6/c1-10(2)20(18(26)27)12(4)22-15(9-21)19(5,17(24)25)16(20)14-8-13(23(28)29)7-6-11(14)3/h6-8,10,12,15-16,22H,9H2,1-5H3,(H,24,25)(H,26,27). The van der Waals surface area contributed by atoms with Crippen molar-refractivity contribution in [2.24, 2.45) is 16.7 Å². The van der Waals surface area contributed by atoms with Gasteiger partial charge in [0, 0.05) is 24.1 Å². The fourth-order valence-electron chi connectivity index (χ4n) is 5.06. The number of piperidine rings is 1. The number of carbonyl (C=O) groups is 2. The second-order valence-corrected chi connectivity index (χ2v) is 8.31. The van der Waals surface area contributed by atoms with Crippen molar-refractivity contribution in [1.82, 2.24) is 5.32 Å². The van der Waals surface area contributed by atoms with Crippen LogP contribution in [0.25, 0.3) is 0 Å². The number of nitro benzene ring substituents is 1. The van der Waals surface area contributed by atoms with Crippen molar-refractivity contribution in [2.75, 3.05) is 6.67 Å². The Morgan fingerprint density at radius 3 is 2.31 bits per heavy atom. The second-order valence-electron chi connectivity index (χ2n) is 8.31. The average molecular weight is 410 g/mol. The highest BCUT2D eigenvalue weighted by atomic mass is 19.1. The molecular formula is C20H27FN2O6. The molecule has 8 nitrogen and oxygen atoms in total. The van der Waals surface area contributed by atoms with Crippen LogP contribution < -0.4 is 5.32 Å². The highest BCUT2D eigenvalue weighted by Gasteiger charge is 2.67. The molecule has 160 valence electrons. The number of nitrogens with zero attached hydrogens (tertiary/aromatic N) is 1. The predicted octanol–water partition coefficient (Wildman–Crippen LogP) is 3.13. The molecule has 0 bridgehead atoms. The predicted molar refractivity (Wildman–Crippen MR) is 104 cm³/mol. The molecule has 0 saturated carbocycles. The lowest BCUT2D eigenvalue weighted by Gasteiger charge is -2.58. The minimum atomic E-state index is -1.86. The van der Waals surface area contributed by atoms with Crippen molar-refractivity contribution < 1.29 is 29.1 Å². The Hall–Kier alpha value is -2.55. The van der Waals surface area contributed by atoms with Crippen LogP contribution in [0, 0.1) is 33.8 Å². The Morgan fingerprint density at radius 2 is 1.90 bits per heavy atom. The Kier molecular flexibility index (Phi) is 6.04. The molecule has 9 heteroatoms. The maximum absolute atomic E-state index is 14.0. The van der Waals surface area contributed by atoms with Gasteiger partial charge in [0.25, 0.3) is 5.69 Å². The molecule has 0 aromatic heterocycles. The van der Waals surface area contributed by atoms with E-state index in [0.29, 0.717) is 5.56 Å². The number of rotatable bonds is 6. The number of aryl methyl sites for hydroxylation is 1. The Balaban J connectivity index is 3.00. The van der Waals surface area contributed by atoms with Gasteiger partial charge >= 0.3 is 11.9 Å². The van der Waals surface area contributed by atoms with Crippen molar-refractivity contribution in [3.8, 4) is 0 Å². The summed E-state index contributed by atoms with van der Waals surface area (Å²) in [4.78, 5) is 35.9. The quantitative estimate of drug-likeness (QED) is 0.485. The lowest BCUT2D eigenvalue weighted by atomic mass is 9.48. The van der Waals surface area contributed by atoms with Crippen molar-refractivity contribution in [2.45, 2.75) is 52.6 Å². The zero-order valence-corrected chi connectivity index (χ0v) is 17.1. The first kappa shape index (κ1) is 22.7. The van der Waals surface area contributed by atoms with Crippen molar-refractivity contribution in [3.63, 3.8) is 0 Å². The van der Waals surface area contributed by atoms with Gasteiger partial charge in [-0.1, -0.05) is 19.9 Å². The summed E-state index contributed by atoms with van der Waals surface area (Å²) in [6.45, 7) is 6.88. The van der Waals surface area contributed by atoms with Crippen molar-refractivity contribution in [3.05, 3.63) is 39.4 Å². The number of carboxylic acids is 2. The minimum Gasteiger partial charge on any atom is -0.481 e. The largest absolute Gasteiger partial charge is 0.481 e.